The molecule has 0 bridgehead atoms. The molecule has 0 aliphatic heterocycles. The zero-order chi connectivity index (χ0) is 11.7. The van der Waals surface area contributed by atoms with E-state index in [-0.39, 0.29) is 0 Å². The van der Waals surface area contributed by atoms with Crippen molar-refractivity contribution in [1.82, 2.24) is 0 Å². The van der Waals surface area contributed by atoms with Gasteiger partial charge in [-0.25, -0.2) is 0 Å². The predicted octanol–water partition coefficient (Wildman–Crippen LogP) is 3.51. The predicted molar refractivity (Wildman–Crippen MR) is 63.0 cm³/mol. The maximum atomic E-state index is 8.62. The molecule has 0 saturated carbocycles. The molecular formula is C13H17NO. The van der Waals surface area contributed by atoms with E-state index in [2.05, 4.69) is 12.6 Å². The van der Waals surface area contributed by atoms with Crippen molar-refractivity contribution in [3.63, 3.8) is 0 Å². The molecule has 0 unspecified atom stereocenters. The van der Waals surface area contributed by atoms with E-state index in [0.29, 0.717) is 12.2 Å². The van der Waals surface area contributed by atoms with Gasteiger partial charge < -0.3 is 4.74 Å². The fraction of sp³-hybridized carbons (Fsp3) is 0.308. The van der Waals surface area contributed by atoms with Gasteiger partial charge in [0.1, 0.15) is 5.76 Å². The lowest BCUT2D eigenvalue weighted by atomic mass is 10.2. The fourth-order valence-corrected chi connectivity index (χ4v) is 1.06. The number of hydrogen-bond acceptors (Lipinski definition) is 2. The Hall–Kier alpha value is -1.75. The van der Waals surface area contributed by atoms with Crippen LogP contribution in [0.4, 0.5) is 0 Å². The Bertz CT molecular complexity index is 340. The molecule has 0 aliphatic carbocycles. The molecule has 0 spiro atoms. The van der Waals surface area contributed by atoms with Gasteiger partial charge in [-0.15, -0.1) is 0 Å². The van der Waals surface area contributed by atoms with Crippen LogP contribution < -0.4 is 0 Å². The molecule has 2 nitrogen and oxygen atoms in total. The van der Waals surface area contributed by atoms with Crippen LogP contribution in [-0.2, 0) is 4.74 Å². The molecule has 0 aromatic carbocycles. The highest BCUT2D eigenvalue weighted by Gasteiger charge is 1.93. The van der Waals surface area contributed by atoms with Crippen LogP contribution >= 0.6 is 0 Å². The number of nitriles is 1. The van der Waals surface area contributed by atoms with E-state index in [9.17, 15) is 0 Å². The van der Waals surface area contributed by atoms with Gasteiger partial charge in [0.2, 0.25) is 0 Å². The van der Waals surface area contributed by atoms with Crippen molar-refractivity contribution in [3.05, 3.63) is 47.8 Å². The van der Waals surface area contributed by atoms with E-state index in [1.165, 1.54) is 0 Å². The van der Waals surface area contributed by atoms with Crippen LogP contribution in [0.3, 0.4) is 0 Å². The summed E-state index contributed by atoms with van der Waals surface area (Å²) in [6.07, 6.45) is 7.17. The topological polar surface area (TPSA) is 33.0 Å². The molecule has 0 amide bonds. The molecule has 0 saturated heterocycles. The van der Waals surface area contributed by atoms with E-state index in [1.807, 2.05) is 26.0 Å². The molecule has 0 radical (unpaired) electrons. The summed E-state index contributed by atoms with van der Waals surface area (Å²) in [6, 6.07) is 2.07. The number of allylic oxidation sites excluding steroid dienone is 6. The van der Waals surface area contributed by atoms with Gasteiger partial charge in [-0.1, -0.05) is 12.7 Å². The molecule has 0 aromatic rings. The number of ether oxygens (including phenoxy) is 1. The van der Waals surface area contributed by atoms with Crippen molar-refractivity contribution in [1.29, 1.82) is 5.26 Å². The second kappa shape index (κ2) is 7.64. The van der Waals surface area contributed by atoms with Crippen LogP contribution in [0.25, 0.3) is 0 Å². The lowest BCUT2D eigenvalue weighted by molar-refractivity contribution is 0.242. The van der Waals surface area contributed by atoms with Gasteiger partial charge in [0.25, 0.3) is 0 Å². The average molecular weight is 203 g/mol. The number of hydrogen-bond donors (Lipinski definition) is 0. The second-order valence-corrected chi connectivity index (χ2v) is 3.07. The lowest BCUT2D eigenvalue weighted by Gasteiger charge is -2.03. The monoisotopic (exact) mass is 203 g/mol. The van der Waals surface area contributed by atoms with E-state index < -0.39 is 0 Å². The van der Waals surface area contributed by atoms with Crippen molar-refractivity contribution in [2.24, 2.45) is 0 Å². The van der Waals surface area contributed by atoms with Crippen LogP contribution in [0, 0.1) is 11.3 Å². The van der Waals surface area contributed by atoms with Crippen molar-refractivity contribution in [2.75, 3.05) is 6.61 Å². The van der Waals surface area contributed by atoms with Crippen molar-refractivity contribution in [2.45, 2.75) is 20.8 Å². The fourth-order valence-electron chi connectivity index (χ4n) is 1.06. The summed E-state index contributed by atoms with van der Waals surface area (Å²) in [5, 5.41) is 8.62. The molecule has 0 rings (SSSR count). The molecule has 0 aromatic heterocycles. The van der Waals surface area contributed by atoms with Gasteiger partial charge in [0.15, 0.2) is 0 Å². The molecule has 0 fully saturated rings. The quantitative estimate of drug-likeness (QED) is 0.389. The standard InChI is InChI=1S/C13H17NO/c1-5-7-13(15-6-2)9-11(3)8-12(4)10-14/h5,7-9H,1,6H2,2-4H3/b11-9+,12-8-,13-7+. The highest BCUT2D eigenvalue weighted by Crippen LogP contribution is 2.07. The van der Waals surface area contributed by atoms with Gasteiger partial charge in [-0.3, -0.25) is 0 Å². The molecule has 0 atom stereocenters. The maximum Gasteiger partial charge on any atom is 0.119 e. The summed E-state index contributed by atoms with van der Waals surface area (Å²) in [5.74, 6) is 0.756. The minimum Gasteiger partial charge on any atom is -0.494 e. The Balaban J connectivity index is 4.77. The van der Waals surface area contributed by atoms with Crippen molar-refractivity contribution >= 4 is 0 Å². The third kappa shape index (κ3) is 6.34. The van der Waals surface area contributed by atoms with Crippen LogP contribution in [0.5, 0.6) is 0 Å². The second-order valence-electron chi connectivity index (χ2n) is 3.07. The third-order valence-corrected chi connectivity index (χ3v) is 1.58. The first-order chi connectivity index (χ1) is 7.13. The highest BCUT2D eigenvalue weighted by atomic mass is 16.5. The summed E-state index contributed by atoms with van der Waals surface area (Å²) >= 11 is 0. The zero-order valence-electron chi connectivity index (χ0n) is 9.58. The first-order valence-corrected chi connectivity index (χ1v) is 4.86. The Morgan fingerprint density at radius 1 is 1.40 bits per heavy atom. The number of rotatable bonds is 5. The van der Waals surface area contributed by atoms with Crippen LogP contribution in [-0.4, -0.2) is 6.61 Å². The molecular weight excluding hydrogens is 186 g/mol. The van der Waals surface area contributed by atoms with Gasteiger partial charge in [0.05, 0.1) is 12.7 Å². The Morgan fingerprint density at radius 2 is 2.07 bits per heavy atom. The van der Waals surface area contributed by atoms with E-state index >= 15 is 0 Å². The first kappa shape index (κ1) is 13.2. The normalized spacial score (nSPS) is 13.3. The Morgan fingerprint density at radius 3 is 2.53 bits per heavy atom. The van der Waals surface area contributed by atoms with Gasteiger partial charge in [0, 0.05) is 5.57 Å². The molecule has 0 aliphatic rings. The van der Waals surface area contributed by atoms with Crippen molar-refractivity contribution in [3.8, 4) is 6.07 Å². The van der Waals surface area contributed by atoms with Crippen LogP contribution in [0.2, 0.25) is 0 Å². The zero-order valence-corrected chi connectivity index (χ0v) is 9.58. The molecule has 2 heteroatoms. The Labute approximate surface area is 91.9 Å². The summed E-state index contributed by atoms with van der Waals surface area (Å²) in [7, 11) is 0. The van der Waals surface area contributed by atoms with E-state index in [0.717, 1.165) is 11.3 Å². The average Bonchev–Trinajstić information content (AvgIpc) is 2.18. The molecule has 15 heavy (non-hydrogen) atoms. The summed E-state index contributed by atoms with van der Waals surface area (Å²) in [5.41, 5.74) is 1.66. The van der Waals surface area contributed by atoms with Gasteiger partial charge >= 0.3 is 0 Å². The Kier molecular flexibility index (Phi) is 6.74. The summed E-state index contributed by atoms with van der Waals surface area (Å²) < 4.78 is 5.37. The van der Waals surface area contributed by atoms with Gasteiger partial charge in [-0.2, -0.15) is 5.26 Å². The summed E-state index contributed by atoms with van der Waals surface area (Å²) in [4.78, 5) is 0. The third-order valence-electron chi connectivity index (χ3n) is 1.58. The van der Waals surface area contributed by atoms with Gasteiger partial charge in [-0.05, 0) is 44.6 Å². The first-order valence-electron chi connectivity index (χ1n) is 4.86. The highest BCUT2D eigenvalue weighted by molar-refractivity contribution is 5.33. The van der Waals surface area contributed by atoms with E-state index in [4.69, 9.17) is 10.00 Å². The molecule has 80 valence electrons. The van der Waals surface area contributed by atoms with Crippen LogP contribution in [0.15, 0.2) is 47.8 Å². The lowest BCUT2D eigenvalue weighted by Crippen LogP contribution is -1.88. The SMILES string of the molecule is C=C\C=C(/C=C(C)/C=C(/C)C#N)OCC. The molecule has 0 N–H and O–H groups in total. The smallest absolute Gasteiger partial charge is 0.119 e. The van der Waals surface area contributed by atoms with Crippen molar-refractivity contribution < 1.29 is 4.74 Å². The van der Waals surface area contributed by atoms with E-state index in [1.54, 1.807) is 19.1 Å². The summed E-state index contributed by atoms with van der Waals surface area (Å²) in [6.45, 7) is 9.86. The minimum atomic E-state index is 0.615. The molecule has 0 heterocycles. The number of nitrogens with zero attached hydrogens (tertiary/aromatic N) is 1. The minimum absolute atomic E-state index is 0.615. The maximum absolute atomic E-state index is 8.62. The van der Waals surface area contributed by atoms with Crippen LogP contribution in [0.1, 0.15) is 20.8 Å². The largest absolute Gasteiger partial charge is 0.494 e.